The highest BCUT2D eigenvalue weighted by Gasteiger charge is 2.27. The van der Waals surface area contributed by atoms with Crippen LogP contribution in [-0.4, -0.2) is 67.0 Å². The van der Waals surface area contributed by atoms with Crippen molar-refractivity contribution < 1.29 is 9.47 Å². The van der Waals surface area contributed by atoms with Crippen molar-refractivity contribution in [2.45, 2.75) is 59.8 Å². The molecule has 1 aromatic carbocycles. The number of nitrogens with two attached hydrogens (primary N) is 2. The van der Waals surface area contributed by atoms with Gasteiger partial charge in [0.25, 0.3) is 5.90 Å². The predicted molar refractivity (Wildman–Crippen MR) is 187 cm³/mol. The average molecular weight is 626 g/mol. The number of aromatic nitrogens is 2. The zero-order chi connectivity index (χ0) is 33.9. The molecule has 1 aliphatic heterocycles. The molecule has 0 spiro atoms. The minimum Gasteiger partial charge on any atom is -0.460 e. The molecular weight excluding hydrogens is 574 g/mol. The molecule has 44 heavy (non-hydrogen) atoms. The van der Waals surface area contributed by atoms with Gasteiger partial charge in [0.2, 0.25) is 5.82 Å². The molecule has 2 aromatic rings. The number of morpholine rings is 1. The van der Waals surface area contributed by atoms with Crippen molar-refractivity contribution in [3.8, 4) is 49.8 Å². The summed E-state index contributed by atoms with van der Waals surface area (Å²) in [5, 5.41) is 8.77. The molecule has 242 valence electrons. The third kappa shape index (κ3) is 14.1. The van der Waals surface area contributed by atoms with Gasteiger partial charge in [-0.1, -0.05) is 70.7 Å². The lowest BCUT2D eigenvalue weighted by atomic mass is 9.89. The normalized spacial score (nSPS) is 13.9. The van der Waals surface area contributed by atoms with Gasteiger partial charge in [0.15, 0.2) is 5.82 Å². The number of hydrogen-bond donors (Lipinski definition) is 3. The lowest BCUT2D eigenvalue weighted by Crippen LogP contribution is -2.46. The largest absolute Gasteiger partial charge is 0.460 e. The van der Waals surface area contributed by atoms with Gasteiger partial charge < -0.3 is 20.1 Å². The van der Waals surface area contributed by atoms with E-state index in [4.69, 9.17) is 42.9 Å². The summed E-state index contributed by atoms with van der Waals surface area (Å²) in [7, 11) is 0. The number of terminal acetylenes is 3. The van der Waals surface area contributed by atoms with Crippen molar-refractivity contribution in [2.75, 3.05) is 56.9 Å². The fraction of sp³-hybridized carbons (Fsp3) is 0.500. The van der Waals surface area contributed by atoms with Crippen LogP contribution in [0.5, 0.6) is 0 Å². The molecule has 1 saturated heterocycles. The monoisotopic (exact) mass is 625 g/mol. The number of ether oxygens (including phenoxy) is 2. The Morgan fingerprint density at radius 1 is 1.02 bits per heavy atom. The summed E-state index contributed by atoms with van der Waals surface area (Å²) in [5.41, 5.74) is 14.3. The zero-order valence-corrected chi connectivity index (χ0v) is 27.7. The van der Waals surface area contributed by atoms with Gasteiger partial charge in [-0.25, -0.2) is 9.97 Å². The third-order valence-electron chi connectivity index (χ3n) is 6.43. The molecule has 2 heterocycles. The number of hydrogen-bond acceptors (Lipinski definition) is 9. The van der Waals surface area contributed by atoms with Crippen molar-refractivity contribution in [1.29, 1.82) is 5.41 Å². The highest BCUT2D eigenvalue weighted by molar-refractivity contribution is 6.30. The second kappa shape index (κ2) is 26.8. The van der Waals surface area contributed by atoms with Crippen molar-refractivity contribution in [2.24, 2.45) is 11.7 Å². The Morgan fingerprint density at radius 2 is 1.61 bits per heavy atom. The Morgan fingerprint density at radius 3 is 2.16 bits per heavy atom. The van der Waals surface area contributed by atoms with E-state index in [0.717, 1.165) is 44.1 Å². The molecule has 1 aromatic heterocycles. The molecule has 1 saturated carbocycles. The number of nitrogens with zero attached hydrogens (tertiary/aromatic N) is 4. The van der Waals surface area contributed by atoms with Crippen LogP contribution in [0.3, 0.4) is 0 Å². The minimum atomic E-state index is -0.212. The summed E-state index contributed by atoms with van der Waals surface area (Å²) in [4.78, 5) is 13.9. The van der Waals surface area contributed by atoms with Gasteiger partial charge >= 0.3 is 0 Å². The first kappa shape index (κ1) is 42.4. The van der Waals surface area contributed by atoms with Crippen LogP contribution in [-0.2, 0) is 9.47 Å². The molecule has 0 amide bonds. The molecule has 4 rings (SSSR count). The maximum absolute atomic E-state index is 8.17. The second-order valence-corrected chi connectivity index (χ2v) is 9.31. The highest BCUT2D eigenvalue weighted by atomic mass is 35.5. The SMILES string of the molecule is C#C.C#C.C#C.CC.CC.N=C(OCN)c1nc(N)c(N(CC2CCCCC2)CN2CCOCC2)c(-c2cccc(Cl)c2)n1. The van der Waals surface area contributed by atoms with Crippen LogP contribution in [0.2, 0.25) is 5.02 Å². The number of nitrogen functional groups attached to an aromatic ring is 1. The van der Waals surface area contributed by atoms with E-state index in [1.807, 2.05) is 52.0 Å². The molecule has 5 N–H and O–H groups in total. The van der Waals surface area contributed by atoms with E-state index in [0.29, 0.717) is 29.1 Å². The van der Waals surface area contributed by atoms with E-state index >= 15 is 0 Å². The molecule has 10 heteroatoms. The van der Waals surface area contributed by atoms with Crippen LogP contribution in [0.4, 0.5) is 11.5 Å². The van der Waals surface area contributed by atoms with Crippen LogP contribution in [0.15, 0.2) is 24.3 Å². The molecule has 0 atom stereocenters. The molecule has 0 unspecified atom stereocenters. The maximum atomic E-state index is 8.17. The van der Waals surface area contributed by atoms with Crippen LogP contribution in [0, 0.1) is 49.9 Å². The third-order valence-corrected chi connectivity index (χ3v) is 6.67. The molecule has 2 fully saturated rings. The summed E-state index contributed by atoms with van der Waals surface area (Å²) < 4.78 is 10.7. The fourth-order valence-corrected chi connectivity index (χ4v) is 4.95. The number of halogens is 1. The second-order valence-electron chi connectivity index (χ2n) is 8.88. The van der Waals surface area contributed by atoms with Gasteiger partial charge in [0.1, 0.15) is 18.1 Å². The summed E-state index contributed by atoms with van der Waals surface area (Å²) >= 11 is 6.34. The Hall–Kier alpha value is -3.78. The van der Waals surface area contributed by atoms with E-state index in [-0.39, 0.29) is 18.5 Å². The van der Waals surface area contributed by atoms with Crippen molar-refractivity contribution in [1.82, 2.24) is 14.9 Å². The summed E-state index contributed by atoms with van der Waals surface area (Å²) in [5.74, 6) is 0.788. The molecule has 2 aliphatic rings. The van der Waals surface area contributed by atoms with E-state index in [9.17, 15) is 0 Å². The predicted octanol–water partition coefficient (Wildman–Crippen LogP) is 6.11. The number of benzene rings is 1. The highest BCUT2D eigenvalue weighted by Crippen LogP contribution is 2.36. The molecule has 9 nitrogen and oxygen atoms in total. The summed E-state index contributed by atoms with van der Waals surface area (Å²) in [6.45, 7) is 12.6. The molecular formula is C34H52ClN7O2. The van der Waals surface area contributed by atoms with Gasteiger partial charge in [0.05, 0.1) is 19.9 Å². The molecule has 1 aliphatic carbocycles. The molecule has 0 bridgehead atoms. The Labute approximate surface area is 271 Å². The zero-order valence-electron chi connectivity index (χ0n) is 27.0. The number of anilines is 2. The van der Waals surface area contributed by atoms with Gasteiger partial charge in [-0.15, -0.1) is 38.5 Å². The van der Waals surface area contributed by atoms with Crippen LogP contribution < -0.4 is 16.4 Å². The van der Waals surface area contributed by atoms with Crippen molar-refractivity contribution >= 4 is 29.0 Å². The summed E-state index contributed by atoms with van der Waals surface area (Å²) in [6.07, 6.45) is 30.2. The van der Waals surface area contributed by atoms with Gasteiger partial charge in [-0.3, -0.25) is 16.0 Å². The van der Waals surface area contributed by atoms with Crippen LogP contribution >= 0.6 is 11.6 Å². The Balaban J connectivity index is 0. The standard InChI is InChI=1S/C24H34ClN7O2.2C2H6.3C2H2/c25-19-8-4-7-18(13-19)20-21(22(27)30-24(29-20)23(28)34-15-26)32(14-17-5-2-1-3-6-17)16-31-9-11-33-12-10-31;5*1-2/h4,7-8,13,17,28H,1-3,5-6,9-12,14-16,26H2,(H2,27,29,30);2*1-2H3;3*1-2H. The molecule has 0 radical (unpaired) electrons. The van der Waals surface area contributed by atoms with Crippen molar-refractivity contribution in [3.63, 3.8) is 0 Å². The first-order chi connectivity index (χ1) is 21.5. The van der Waals surface area contributed by atoms with E-state index in [1.165, 1.54) is 32.1 Å². The van der Waals surface area contributed by atoms with Crippen LogP contribution in [0.1, 0.15) is 65.6 Å². The van der Waals surface area contributed by atoms with Crippen LogP contribution in [0.25, 0.3) is 11.3 Å². The topological polar surface area (TPSA) is 127 Å². The van der Waals surface area contributed by atoms with Gasteiger partial charge in [-0.2, -0.15) is 0 Å². The van der Waals surface area contributed by atoms with Gasteiger partial charge in [-0.05, 0) is 30.9 Å². The number of rotatable bonds is 8. The smallest absolute Gasteiger partial charge is 0.253 e. The number of nitrogens with one attached hydrogen (secondary N) is 1. The lowest BCUT2D eigenvalue weighted by molar-refractivity contribution is 0.0375. The maximum Gasteiger partial charge on any atom is 0.253 e. The van der Waals surface area contributed by atoms with Gasteiger partial charge in [0, 0.05) is 30.2 Å². The fourth-order valence-electron chi connectivity index (χ4n) is 4.76. The quantitative estimate of drug-likeness (QED) is 0.139. The summed E-state index contributed by atoms with van der Waals surface area (Å²) in [6, 6.07) is 7.51. The Kier molecular flexibility index (Phi) is 25.8. The lowest BCUT2D eigenvalue weighted by Gasteiger charge is -2.37. The first-order valence-corrected chi connectivity index (χ1v) is 15.3. The minimum absolute atomic E-state index is 0.102. The average Bonchev–Trinajstić information content (AvgIpc) is 3.10. The van der Waals surface area contributed by atoms with E-state index in [1.54, 1.807) is 0 Å². The first-order valence-electron chi connectivity index (χ1n) is 15.0. The van der Waals surface area contributed by atoms with E-state index in [2.05, 4.69) is 53.3 Å². The Bertz CT molecular complexity index is 1070. The van der Waals surface area contributed by atoms with Crippen molar-refractivity contribution in [3.05, 3.63) is 35.1 Å². The van der Waals surface area contributed by atoms with E-state index < -0.39 is 0 Å².